The first-order valence-electron chi connectivity index (χ1n) is 6.52. The summed E-state index contributed by atoms with van der Waals surface area (Å²) in [7, 11) is 0. The highest BCUT2D eigenvalue weighted by atomic mass is 16.6. The van der Waals surface area contributed by atoms with Crippen molar-refractivity contribution in [3.63, 3.8) is 0 Å². The van der Waals surface area contributed by atoms with Crippen molar-refractivity contribution < 1.29 is 24.2 Å². The molecule has 0 atom stereocenters. The fourth-order valence-corrected chi connectivity index (χ4v) is 1.89. The molecule has 0 bridgehead atoms. The summed E-state index contributed by atoms with van der Waals surface area (Å²) in [6, 6.07) is 5.11. The predicted molar refractivity (Wildman–Crippen MR) is 71.5 cm³/mol. The predicted octanol–water partition coefficient (Wildman–Crippen LogP) is 1.09. The number of fused-ring (bicyclic) bond motifs is 1. The van der Waals surface area contributed by atoms with Crippen molar-refractivity contribution in [1.82, 2.24) is 5.32 Å². The number of ether oxygens (including phenoxy) is 2. The second kappa shape index (κ2) is 6.91. The molecule has 0 aliphatic carbocycles. The smallest absolute Gasteiger partial charge is 0.303 e. The minimum absolute atomic E-state index is 0.0581. The number of rotatable bonds is 7. The Morgan fingerprint density at radius 1 is 1.20 bits per heavy atom. The lowest BCUT2D eigenvalue weighted by molar-refractivity contribution is -0.137. The van der Waals surface area contributed by atoms with Crippen molar-refractivity contribution in [3.05, 3.63) is 23.8 Å². The number of nitrogens with one attached hydrogen (secondary N) is 1. The first kappa shape index (κ1) is 14.3. The number of hydrogen-bond acceptors (Lipinski definition) is 5. The molecular weight excluding hydrogens is 262 g/mol. The van der Waals surface area contributed by atoms with E-state index in [2.05, 4.69) is 5.32 Å². The van der Waals surface area contributed by atoms with Crippen LogP contribution in [-0.2, 0) is 4.79 Å². The van der Waals surface area contributed by atoms with E-state index in [9.17, 15) is 9.59 Å². The maximum absolute atomic E-state index is 12.0. The molecular formula is C14H17NO5. The second-order valence-corrected chi connectivity index (χ2v) is 4.46. The maximum atomic E-state index is 12.0. The number of carboxylic acids is 1. The zero-order valence-electron chi connectivity index (χ0n) is 11.1. The molecule has 20 heavy (non-hydrogen) atoms. The van der Waals surface area contributed by atoms with Gasteiger partial charge in [0.25, 0.3) is 0 Å². The summed E-state index contributed by atoms with van der Waals surface area (Å²) < 4.78 is 10.8. The molecule has 1 aromatic carbocycles. The largest absolute Gasteiger partial charge is 0.486 e. The Morgan fingerprint density at radius 2 is 1.95 bits per heavy atom. The van der Waals surface area contributed by atoms with Crippen LogP contribution in [0.1, 0.15) is 23.2 Å². The van der Waals surface area contributed by atoms with E-state index in [-0.39, 0.29) is 18.7 Å². The van der Waals surface area contributed by atoms with Crippen LogP contribution < -0.4 is 14.8 Å². The lowest BCUT2D eigenvalue weighted by Gasteiger charge is -2.18. The van der Waals surface area contributed by atoms with E-state index in [4.69, 9.17) is 14.6 Å². The molecule has 0 amide bonds. The highest BCUT2D eigenvalue weighted by molar-refractivity contribution is 5.98. The van der Waals surface area contributed by atoms with Crippen LogP contribution in [0.15, 0.2) is 18.2 Å². The molecule has 0 spiro atoms. The lowest BCUT2D eigenvalue weighted by Crippen LogP contribution is -2.24. The Balaban J connectivity index is 1.82. The van der Waals surface area contributed by atoms with Crippen LogP contribution in [0.25, 0.3) is 0 Å². The van der Waals surface area contributed by atoms with Crippen molar-refractivity contribution in [1.29, 1.82) is 0 Å². The van der Waals surface area contributed by atoms with Gasteiger partial charge in [-0.25, -0.2) is 0 Å². The van der Waals surface area contributed by atoms with E-state index in [0.717, 1.165) is 0 Å². The minimum Gasteiger partial charge on any atom is -0.486 e. The fourth-order valence-electron chi connectivity index (χ4n) is 1.89. The van der Waals surface area contributed by atoms with Crippen LogP contribution in [0, 0.1) is 0 Å². The molecule has 0 unspecified atom stereocenters. The van der Waals surface area contributed by atoms with Gasteiger partial charge < -0.3 is 19.9 Å². The molecule has 0 fully saturated rings. The van der Waals surface area contributed by atoms with Gasteiger partial charge in [-0.3, -0.25) is 9.59 Å². The van der Waals surface area contributed by atoms with Crippen molar-refractivity contribution in [2.75, 3.05) is 26.3 Å². The van der Waals surface area contributed by atoms with Gasteiger partial charge in [-0.15, -0.1) is 0 Å². The van der Waals surface area contributed by atoms with Gasteiger partial charge in [0, 0.05) is 12.0 Å². The zero-order chi connectivity index (χ0) is 14.4. The average molecular weight is 279 g/mol. The molecule has 6 heteroatoms. The Bertz CT molecular complexity index is 500. The fraction of sp³-hybridized carbons (Fsp3) is 0.429. The van der Waals surface area contributed by atoms with Gasteiger partial charge in [0.15, 0.2) is 17.3 Å². The average Bonchev–Trinajstić information content (AvgIpc) is 2.46. The molecule has 1 aliphatic heterocycles. The number of benzene rings is 1. The molecule has 1 heterocycles. The van der Waals surface area contributed by atoms with E-state index in [1.807, 2.05) is 0 Å². The quantitative estimate of drug-likeness (QED) is 0.574. The van der Waals surface area contributed by atoms with Crippen molar-refractivity contribution in [2.24, 2.45) is 0 Å². The first-order valence-corrected chi connectivity index (χ1v) is 6.52. The zero-order valence-corrected chi connectivity index (χ0v) is 11.1. The summed E-state index contributed by atoms with van der Waals surface area (Å²) in [5.74, 6) is 0.359. The van der Waals surface area contributed by atoms with Gasteiger partial charge in [-0.1, -0.05) is 0 Å². The van der Waals surface area contributed by atoms with Crippen LogP contribution in [0.5, 0.6) is 11.5 Å². The Hall–Kier alpha value is -2.08. The van der Waals surface area contributed by atoms with Gasteiger partial charge in [0.05, 0.1) is 6.54 Å². The highest BCUT2D eigenvalue weighted by Gasteiger charge is 2.14. The topological polar surface area (TPSA) is 84.9 Å². The number of carbonyl (C=O) groups is 2. The third-order valence-electron chi connectivity index (χ3n) is 2.89. The Kier molecular flexibility index (Phi) is 4.95. The second-order valence-electron chi connectivity index (χ2n) is 4.46. The van der Waals surface area contributed by atoms with Crippen molar-refractivity contribution in [2.45, 2.75) is 12.8 Å². The minimum atomic E-state index is -0.829. The van der Waals surface area contributed by atoms with Gasteiger partial charge >= 0.3 is 5.97 Å². The first-order chi connectivity index (χ1) is 9.66. The summed E-state index contributed by atoms with van der Waals surface area (Å²) in [5, 5.41) is 11.4. The third-order valence-corrected chi connectivity index (χ3v) is 2.89. The Labute approximate surface area is 116 Å². The van der Waals surface area contributed by atoms with E-state index >= 15 is 0 Å². The van der Waals surface area contributed by atoms with Crippen molar-refractivity contribution >= 4 is 11.8 Å². The number of aliphatic carboxylic acids is 1. The molecule has 108 valence electrons. The standard InChI is InChI=1S/C14H17NO5/c16-11(9-15-5-1-2-14(17)18)10-3-4-12-13(8-10)20-7-6-19-12/h3-4,8,15H,1-2,5-7,9H2,(H,17,18). The highest BCUT2D eigenvalue weighted by Crippen LogP contribution is 2.30. The van der Waals surface area contributed by atoms with Crippen LogP contribution in [0.2, 0.25) is 0 Å². The van der Waals surface area contributed by atoms with E-state index < -0.39 is 5.97 Å². The molecule has 1 aliphatic rings. The summed E-state index contributed by atoms with van der Waals surface area (Å²) >= 11 is 0. The summed E-state index contributed by atoms with van der Waals surface area (Å²) in [4.78, 5) is 22.3. The third kappa shape index (κ3) is 3.96. The molecule has 0 saturated carbocycles. The monoisotopic (exact) mass is 279 g/mol. The molecule has 0 saturated heterocycles. The van der Waals surface area contributed by atoms with Gasteiger partial charge in [-0.2, -0.15) is 0 Å². The normalized spacial score (nSPS) is 13.0. The van der Waals surface area contributed by atoms with Gasteiger partial charge in [0.1, 0.15) is 13.2 Å². The summed E-state index contributed by atoms with van der Waals surface area (Å²) in [5.41, 5.74) is 0.556. The molecule has 2 N–H and O–H groups in total. The Morgan fingerprint density at radius 3 is 2.70 bits per heavy atom. The molecule has 0 radical (unpaired) electrons. The number of ketones is 1. The number of carbonyl (C=O) groups excluding carboxylic acids is 1. The van der Waals surface area contributed by atoms with Crippen LogP contribution >= 0.6 is 0 Å². The maximum Gasteiger partial charge on any atom is 0.303 e. The van der Waals surface area contributed by atoms with Crippen LogP contribution in [-0.4, -0.2) is 43.2 Å². The summed E-state index contributed by atoms with van der Waals surface area (Å²) in [6.07, 6.45) is 0.606. The van der Waals surface area contributed by atoms with E-state index in [0.29, 0.717) is 43.2 Å². The SMILES string of the molecule is O=C(O)CCCNCC(=O)c1ccc2c(c1)OCCO2. The van der Waals surface area contributed by atoms with Gasteiger partial charge in [-0.05, 0) is 31.2 Å². The summed E-state index contributed by atoms with van der Waals surface area (Å²) in [6.45, 7) is 1.69. The van der Waals surface area contributed by atoms with Gasteiger partial charge in [0.2, 0.25) is 0 Å². The van der Waals surface area contributed by atoms with E-state index in [1.165, 1.54) is 0 Å². The lowest BCUT2D eigenvalue weighted by atomic mass is 10.1. The van der Waals surface area contributed by atoms with Crippen LogP contribution in [0.4, 0.5) is 0 Å². The van der Waals surface area contributed by atoms with E-state index in [1.54, 1.807) is 18.2 Å². The van der Waals surface area contributed by atoms with Crippen molar-refractivity contribution in [3.8, 4) is 11.5 Å². The number of Topliss-reactive ketones (excluding diaryl/α,β-unsaturated/α-hetero) is 1. The molecule has 2 rings (SSSR count). The molecule has 0 aromatic heterocycles. The molecule has 1 aromatic rings. The van der Waals surface area contributed by atoms with Crippen LogP contribution in [0.3, 0.4) is 0 Å². The molecule has 6 nitrogen and oxygen atoms in total. The number of carboxylic acid groups (broad SMARTS) is 1. The number of hydrogen-bond donors (Lipinski definition) is 2.